The molecule has 5 aromatic carbocycles. The van der Waals surface area contributed by atoms with Gasteiger partial charge in [-0.15, -0.1) is 0 Å². The number of aromatic nitrogens is 3. The Morgan fingerprint density at radius 3 is 1.91 bits per heavy atom. The summed E-state index contributed by atoms with van der Waals surface area (Å²) in [6, 6.07) is 48.6. The molecule has 0 saturated heterocycles. The summed E-state index contributed by atoms with van der Waals surface area (Å²) in [6.45, 7) is 2.85. The summed E-state index contributed by atoms with van der Waals surface area (Å²) >= 11 is 12.9. The highest BCUT2D eigenvalue weighted by molar-refractivity contribution is 7.72. The van der Waals surface area contributed by atoms with Gasteiger partial charge in [0.1, 0.15) is 16.1 Å². The van der Waals surface area contributed by atoms with Crippen molar-refractivity contribution >= 4 is 52.5 Å². The molecule has 0 saturated carbocycles. The maximum Gasteiger partial charge on any atom is 0.142 e. The third-order valence-electron chi connectivity index (χ3n) is 7.86. The highest BCUT2D eigenvalue weighted by Gasteiger charge is 2.26. The van der Waals surface area contributed by atoms with E-state index < -0.39 is 7.92 Å². The third-order valence-corrected chi connectivity index (χ3v) is 10.4. The lowest BCUT2D eigenvalue weighted by Gasteiger charge is -2.21. The van der Waals surface area contributed by atoms with Crippen LogP contribution in [0.3, 0.4) is 0 Å². The lowest BCUT2D eigenvalue weighted by Crippen LogP contribution is -2.16. The fourth-order valence-electron chi connectivity index (χ4n) is 5.84. The number of nitrogens with zero attached hydrogens (tertiary/aromatic N) is 3. The number of pyridine rings is 1. The molecule has 1 atom stereocenters. The first kappa shape index (κ1) is 28.5. The second-order valence-electron chi connectivity index (χ2n) is 10.6. The molecule has 0 radical (unpaired) electrons. The molecule has 0 aliphatic carbocycles. The Morgan fingerprint density at radius 2 is 1.23 bits per heavy atom. The van der Waals surface area contributed by atoms with Gasteiger partial charge in [-0.2, -0.15) is 0 Å². The van der Waals surface area contributed by atoms with Crippen molar-refractivity contribution in [3.05, 3.63) is 155 Å². The first-order chi connectivity index (χ1) is 21.6. The van der Waals surface area contributed by atoms with Crippen LogP contribution < -0.4 is 10.6 Å². The molecular formula is C38H28Cl2N3P. The maximum atomic E-state index is 6.43. The average Bonchev–Trinajstić information content (AvgIpc) is 3.43. The van der Waals surface area contributed by atoms with Crippen LogP contribution in [-0.4, -0.2) is 21.2 Å². The number of hydrogen-bond acceptors (Lipinski definition) is 2. The highest BCUT2D eigenvalue weighted by Crippen LogP contribution is 2.42. The Hall–Kier alpha value is -4.27. The third kappa shape index (κ3) is 5.55. The predicted octanol–water partition coefficient (Wildman–Crippen LogP) is 9.85. The van der Waals surface area contributed by atoms with Gasteiger partial charge in [-0.3, -0.25) is 0 Å². The minimum atomic E-state index is -0.685. The second kappa shape index (κ2) is 12.4. The van der Waals surface area contributed by atoms with Crippen molar-refractivity contribution in [3.8, 4) is 33.9 Å². The molecule has 0 N–H and O–H groups in total. The van der Waals surface area contributed by atoms with Gasteiger partial charge < -0.3 is 4.57 Å². The van der Waals surface area contributed by atoms with E-state index in [1.165, 1.54) is 21.4 Å². The second-order valence-corrected chi connectivity index (χ2v) is 13.5. The summed E-state index contributed by atoms with van der Waals surface area (Å²) in [6.07, 6.45) is 0. The van der Waals surface area contributed by atoms with Crippen LogP contribution in [0.4, 0.5) is 0 Å². The van der Waals surface area contributed by atoms with E-state index in [4.69, 9.17) is 28.2 Å². The van der Waals surface area contributed by atoms with Gasteiger partial charge in [0.25, 0.3) is 0 Å². The van der Waals surface area contributed by atoms with Crippen LogP contribution in [0.1, 0.15) is 5.56 Å². The van der Waals surface area contributed by atoms with E-state index in [0.29, 0.717) is 16.9 Å². The Morgan fingerprint density at radius 1 is 0.636 bits per heavy atom. The van der Waals surface area contributed by atoms with E-state index in [2.05, 4.69) is 131 Å². The van der Waals surface area contributed by atoms with Crippen molar-refractivity contribution in [1.82, 2.24) is 14.5 Å². The summed E-state index contributed by atoms with van der Waals surface area (Å²) < 4.78 is 2.33. The highest BCUT2D eigenvalue weighted by atomic mass is 35.5. The molecule has 44 heavy (non-hydrogen) atoms. The van der Waals surface area contributed by atoms with Crippen LogP contribution in [0.5, 0.6) is 0 Å². The Kier molecular flexibility index (Phi) is 8.02. The molecule has 0 amide bonds. The average molecular weight is 629 g/mol. The number of hydrogen-bond donors (Lipinski definition) is 0. The predicted molar refractivity (Wildman–Crippen MR) is 188 cm³/mol. The normalized spacial score (nSPS) is 12.0. The van der Waals surface area contributed by atoms with E-state index in [9.17, 15) is 0 Å². The van der Waals surface area contributed by atoms with E-state index in [-0.39, 0.29) is 0 Å². The summed E-state index contributed by atoms with van der Waals surface area (Å²) in [5.41, 5.74) is 6.20. The van der Waals surface area contributed by atoms with E-state index >= 15 is 0 Å². The van der Waals surface area contributed by atoms with Crippen LogP contribution in [0.2, 0.25) is 10.3 Å². The standard InChI is InChI=1S/C38H28Cl2N3P/c1-44(30-18-9-4-10-19-30)32-22-21-27-13-11-12-20-31(27)35(32)38-42-36(28-14-5-2-6-15-28)37(29-16-7-3-8-17-29)43(38)25-26-23-33(39)41-34(40)24-26/h2-24H,25H2,1H3. The van der Waals surface area contributed by atoms with Crippen LogP contribution in [0, 0.1) is 0 Å². The van der Waals surface area contributed by atoms with E-state index in [1.54, 1.807) is 0 Å². The number of rotatable bonds is 7. The van der Waals surface area contributed by atoms with Gasteiger partial charge in [0.05, 0.1) is 11.4 Å². The zero-order valence-corrected chi connectivity index (χ0v) is 26.4. The summed E-state index contributed by atoms with van der Waals surface area (Å²) in [5, 5.41) is 5.68. The lowest BCUT2D eigenvalue weighted by atomic mass is 10.0. The molecule has 0 spiro atoms. The summed E-state index contributed by atoms with van der Waals surface area (Å²) in [4.78, 5) is 9.76. The number of benzene rings is 5. The van der Waals surface area contributed by atoms with Crippen LogP contribution in [-0.2, 0) is 6.54 Å². The van der Waals surface area contributed by atoms with Gasteiger partial charge in [0.15, 0.2) is 0 Å². The summed E-state index contributed by atoms with van der Waals surface area (Å²) in [7, 11) is -0.685. The van der Waals surface area contributed by atoms with Crippen LogP contribution in [0.25, 0.3) is 44.7 Å². The van der Waals surface area contributed by atoms with Crippen molar-refractivity contribution in [2.75, 3.05) is 6.66 Å². The number of imidazole rings is 1. The van der Waals surface area contributed by atoms with Gasteiger partial charge in [-0.25, -0.2) is 9.97 Å². The quantitative estimate of drug-likeness (QED) is 0.130. The zero-order chi connectivity index (χ0) is 30.0. The molecule has 3 nitrogen and oxygen atoms in total. The fraction of sp³-hybridized carbons (Fsp3) is 0.0526. The first-order valence-corrected chi connectivity index (χ1v) is 17.0. The summed E-state index contributed by atoms with van der Waals surface area (Å²) in [5.74, 6) is 0.906. The molecule has 7 rings (SSSR count). The molecule has 2 heterocycles. The van der Waals surface area contributed by atoms with E-state index in [1.807, 2.05) is 24.3 Å². The largest absolute Gasteiger partial charge is 0.319 e. The number of halogens is 2. The first-order valence-electron chi connectivity index (χ1n) is 14.4. The van der Waals surface area contributed by atoms with E-state index in [0.717, 1.165) is 39.5 Å². The van der Waals surface area contributed by atoms with Crippen molar-refractivity contribution in [1.29, 1.82) is 0 Å². The van der Waals surface area contributed by atoms with Crippen LogP contribution >= 0.6 is 31.1 Å². The smallest absolute Gasteiger partial charge is 0.142 e. The van der Waals surface area contributed by atoms with Crippen molar-refractivity contribution in [2.24, 2.45) is 0 Å². The minimum Gasteiger partial charge on any atom is -0.319 e. The van der Waals surface area contributed by atoms with Gasteiger partial charge in [0, 0.05) is 23.2 Å². The maximum absolute atomic E-state index is 6.43. The Bertz CT molecular complexity index is 2060. The van der Waals surface area contributed by atoms with Crippen molar-refractivity contribution in [2.45, 2.75) is 6.54 Å². The molecule has 7 aromatic rings. The molecule has 6 heteroatoms. The van der Waals surface area contributed by atoms with Gasteiger partial charge >= 0.3 is 0 Å². The molecule has 0 aliphatic heterocycles. The molecule has 1 unspecified atom stereocenters. The van der Waals surface area contributed by atoms with Crippen LogP contribution in [0.15, 0.2) is 140 Å². The Labute approximate surface area is 268 Å². The topological polar surface area (TPSA) is 30.7 Å². The van der Waals surface area contributed by atoms with Crippen molar-refractivity contribution in [3.63, 3.8) is 0 Å². The molecule has 214 valence electrons. The zero-order valence-electron chi connectivity index (χ0n) is 24.0. The molecular weight excluding hydrogens is 600 g/mol. The van der Waals surface area contributed by atoms with Gasteiger partial charge in [-0.1, -0.05) is 151 Å². The Balaban J connectivity index is 1.59. The fourth-order valence-corrected chi connectivity index (χ4v) is 8.09. The molecule has 2 aromatic heterocycles. The molecule has 0 bridgehead atoms. The van der Waals surface area contributed by atoms with Gasteiger partial charge in [0.2, 0.25) is 0 Å². The SMILES string of the molecule is CP(c1ccccc1)c1ccc2ccccc2c1-c1nc(-c2ccccc2)c(-c2ccccc2)n1Cc1cc(Cl)nc(Cl)c1. The van der Waals surface area contributed by atoms with Crippen molar-refractivity contribution < 1.29 is 0 Å². The molecule has 0 fully saturated rings. The van der Waals surface area contributed by atoms with Gasteiger partial charge in [-0.05, 0) is 53.7 Å². The monoisotopic (exact) mass is 627 g/mol. The number of fused-ring (bicyclic) bond motifs is 1. The lowest BCUT2D eigenvalue weighted by molar-refractivity contribution is 0.814. The molecule has 0 aliphatic rings. The minimum absolute atomic E-state index is 0.366.